The summed E-state index contributed by atoms with van der Waals surface area (Å²) in [5.74, 6) is -0.813. The number of aliphatic carboxylic acids is 1. The van der Waals surface area contributed by atoms with E-state index in [0.29, 0.717) is 0 Å². The molecule has 1 atom stereocenters. The summed E-state index contributed by atoms with van der Waals surface area (Å²) in [6, 6.07) is 17.2. The maximum absolute atomic E-state index is 11.4. The third kappa shape index (κ3) is 3.14. The molecular weight excluding hydrogens is 244 g/mol. The second-order valence-electron chi connectivity index (χ2n) is 4.06. The number of benzene rings is 2. The fourth-order valence-electron chi connectivity index (χ4n) is 1.64. The van der Waals surface area contributed by atoms with Crippen LogP contribution in [-0.2, 0) is 4.79 Å². The van der Waals surface area contributed by atoms with E-state index < -0.39 is 11.2 Å². The first-order valence-corrected chi connectivity index (χ1v) is 6.56. The maximum atomic E-state index is 11.4. The van der Waals surface area contributed by atoms with Crippen molar-refractivity contribution in [1.82, 2.24) is 0 Å². The molecule has 0 aliphatic carbocycles. The molecule has 2 nitrogen and oxygen atoms in total. The molecule has 1 N–H and O–H groups in total. The summed E-state index contributed by atoms with van der Waals surface area (Å²) in [6.45, 7) is 2.01. The van der Waals surface area contributed by atoms with Crippen molar-refractivity contribution in [3.05, 3.63) is 65.7 Å². The number of aryl methyl sites for hydroxylation is 1. The van der Waals surface area contributed by atoms with Crippen molar-refractivity contribution < 1.29 is 9.90 Å². The van der Waals surface area contributed by atoms with Crippen molar-refractivity contribution in [3.63, 3.8) is 0 Å². The molecule has 2 rings (SSSR count). The number of hydrogen-bond acceptors (Lipinski definition) is 2. The van der Waals surface area contributed by atoms with Crippen LogP contribution in [0, 0.1) is 6.92 Å². The lowest BCUT2D eigenvalue weighted by Gasteiger charge is -2.12. The second-order valence-corrected chi connectivity index (χ2v) is 5.24. The van der Waals surface area contributed by atoms with Crippen LogP contribution in [0.2, 0.25) is 0 Å². The van der Waals surface area contributed by atoms with Crippen molar-refractivity contribution in [2.24, 2.45) is 0 Å². The van der Waals surface area contributed by atoms with Gasteiger partial charge >= 0.3 is 5.97 Å². The van der Waals surface area contributed by atoms with E-state index >= 15 is 0 Å². The van der Waals surface area contributed by atoms with Gasteiger partial charge in [0.25, 0.3) is 0 Å². The highest BCUT2D eigenvalue weighted by Crippen LogP contribution is 2.35. The van der Waals surface area contributed by atoms with Gasteiger partial charge in [-0.2, -0.15) is 0 Å². The number of carboxylic acid groups (broad SMARTS) is 1. The number of carbonyl (C=O) groups is 1. The predicted molar refractivity (Wildman–Crippen MR) is 73.9 cm³/mol. The van der Waals surface area contributed by atoms with E-state index in [-0.39, 0.29) is 0 Å². The molecule has 0 saturated carbocycles. The molecule has 0 heterocycles. The molecule has 0 spiro atoms. The average molecular weight is 258 g/mol. The van der Waals surface area contributed by atoms with Crippen LogP contribution in [0.25, 0.3) is 0 Å². The molecule has 92 valence electrons. The van der Waals surface area contributed by atoms with Crippen LogP contribution in [0.1, 0.15) is 16.4 Å². The molecule has 0 bridgehead atoms. The van der Waals surface area contributed by atoms with E-state index in [9.17, 15) is 9.90 Å². The van der Waals surface area contributed by atoms with Crippen molar-refractivity contribution in [2.45, 2.75) is 17.1 Å². The predicted octanol–water partition coefficient (Wildman–Crippen LogP) is 3.91. The molecule has 0 saturated heterocycles. The van der Waals surface area contributed by atoms with E-state index in [1.807, 2.05) is 61.5 Å². The van der Waals surface area contributed by atoms with Gasteiger partial charge in [0, 0.05) is 4.90 Å². The van der Waals surface area contributed by atoms with Gasteiger partial charge in [0.15, 0.2) is 0 Å². The van der Waals surface area contributed by atoms with Crippen molar-refractivity contribution in [3.8, 4) is 0 Å². The maximum Gasteiger partial charge on any atom is 0.321 e. The third-order valence-corrected chi connectivity index (χ3v) is 3.86. The van der Waals surface area contributed by atoms with Gasteiger partial charge in [0.1, 0.15) is 5.25 Å². The molecule has 2 aromatic rings. The average Bonchev–Trinajstić information content (AvgIpc) is 2.38. The molecule has 0 aromatic heterocycles. The Morgan fingerprint density at radius 3 is 2.22 bits per heavy atom. The van der Waals surface area contributed by atoms with Crippen LogP contribution < -0.4 is 0 Å². The Bertz CT molecular complexity index is 520. The highest BCUT2D eigenvalue weighted by molar-refractivity contribution is 8.00. The summed E-state index contributed by atoms with van der Waals surface area (Å²) >= 11 is 1.36. The lowest BCUT2D eigenvalue weighted by Crippen LogP contribution is -2.07. The quantitative estimate of drug-likeness (QED) is 0.845. The molecule has 0 fully saturated rings. The van der Waals surface area contributed by atoms with Crippen LogP contribution >= 0.6 is 11.8 Å². The van der Waals surface area contributed by atoms with E-state index in [1.54, 1.807) is 0 Å². The van der Waals surface area contributed by atoms with Crippen LogP contribution in [0.3, 0.4) is 0 Å². The van der Waals surface area contributed by atoms with Gasteiger partial charge in [-0.3, -0.25) is 4.79 Å². The van der Waals surface area contributed by atoms with Gasteiger partial charge < -0.3 is 5.11 Å². The smallest absolute Gasteiger partial charge is 0.321 e. The highest BCUT2D eigenvalue weighted by Gasteiger charge is 2.20. The minimum Gasteiger partial charge on any atom is -0.480 e. The number of carboxylic acids is 1. The van der Waals surface area contributed by atoms with Crippen molar-refractivity contribution in [2.75, 3.05) is 0 Å². The van der Waals surface area contributed by atoms with Gasteiger partial charge in [0.2, 0.25) is 0 Å². The van der Waals surface area contributed by atoms with Crippen molar-refractivity contribution >= 4 is 17.7 Å². The molecule has 0 radical (unpaired) electrons. The number of thioether (sulfide) groups is 1. The summed E-state index contributed by atoms with van der Waals surface area (Å²) in [4.78, 5) is 12.3. The Morgan fingerprint density at radius 1 is 1.06 bits per heavy atom. The van der Waals surface area contributed by atoms with E-state index in [0.717, 1.165) is 10.5 Å². The fourth-order valence-corrected chi connectivity index (χ4v) is 2.60. The molecule has 18 heavy (non-hydrogen) atoms. The lowest BCUT2D eigenvalue weighted by atomic mass is 10.1. The zero-order chi connectivity index (χ0) is 13.0. The Balaban J connectivity index is 2.22. The summed E-state index contributed by atoms with van der Waals surface area (Å²) in [5.41, 5.74) is 1.99. The van der Waals surface area contributed by atoms with Gasteiger partial charge in [-0.1, -0.05) is 48.0 Å². The first-order valence-electron chi connectivity index (χ1n) is 5.68. The standard InChI is InChI=1S/C15H14O2S/c1-11-7-9-13(10-8-11)18-14(15(16)17)12-5-3-2-4-6-12/h2-10,14H,1H3,(H,16,17). The summed E-state index contributed by atoms with van der Waals surface area (Å²) in [6.07, 6.45) is 0. The second kappa shape index (κ2) is 5.74. The zero-order valence-corrected chi connectivity index (χ0v) is 10.9. The molecule has 2 aromatic carbocycles. The topological polar surface area (TPSA) is 37.3 Å². The summed E-state index contributed by atoms with van der Waals surface area (Å²) in [5, 5.41) is 8.76. The van der Waals surface area contributed by atoms with E-state index in [4.69, 9.17) is 0 Å². The molecule has 0 amide bonds. The first-order chi connectivity index (χ1) is 8.66. The van der Waals surface area contributed by atoms with Crippen molar-refractivity contribution in [1.29, 1.82) is 0 Å². The van der Waals surface area contributed by atoms with Gasteiger partial charge in [-0.25, -0.2) is 0 Å². The van der Waals surface area contributed by atoms with Crippen LogP contribution in [0.5, 0.6) is 0 Å². The molecule has 3 heteroatoms. The third-order valence-electron chi connectivity index (χ3n) is 2.60. The highest BCUT2D eigenvalue weighted by atomic mass is 32.2. The lowest BCUT2D eigenvalue weighted by molar-refractivity contribution is -0.136. The fraction of sp³-hybridized carbons (Fsp3) is 0.133. The normalized spacial score (nSPS) is 12.1. The van der Waals surface area contributed by atoms with Gasteiger partial charge in [-0.15, -0.1) is 11.8 Å². The Labute approximate surface area is 111 Å². The van der Waals surface area contributed by atoms with E-state index in [1.165, 1.54) is 17.3 Å². The monoisotopic (exact) mass is 258 g/mol. The molecule has 0 aliphatic rings. The Hall–Kier alpha value is -1.74. The van der Waals surface area contributed by atoms with Crippen LogP contribution in [0.15, 0.2) is 59.5 Å². The van der Waals surface area contributed by atoms with Crippen LogP contribution in [0.4, 0.5) is 0 Å². The SMILES string of the molecule is Cc1ccc(SC(C(=O)O)c2ccccc2)cc1. The summed E-state index contributed by atoms with van der Waals surface area (Å²) < 4.78 is 0. The van der Waals surface area contributed by atoms with Crippen LogP contribution in [-0.4, -0.2) is 11.1 Å². The van der Waals surface area contributed by atoms with Gasteiger partial charge in [-0.05, 0) is 24.6 Å². The number of rotatable bonds is 4. The minimum atomic E-state index is -0.813. The minimum absolute atomic E-state index is 0.561. The summed E-state index contributed by atoms with van der Waals surface area (Å²) in [7, 11) is 0. The number of hydrogen-bond donors (Lipinski definition) is 1. The van der Waals surface area contributed by atoms with Gasteiger partial charge in [0.05, 0.1) is 0 Å². The van der Waals surface area contributed by atoms with E-state index in [2.05, 4.69) is 0 Å². The molecular formula is C15H14O2S. The largest absolute Gasteiger partial charge is 0.480 e. The molecule has 0 aliphatic heterocycles. The first kappa shape index (κ1) is 12.7. The molecule has 1 unspecified atom stereocenters. The zero-order valence-electron chi connectivity index (χ0n) is 10.0. The Morgan fingerprint density at radius 2 is 1.67 bits per heavy atom. The Kier molecular flexibility index (Phi) is 4.05.